The molecule has 0 saturated carbocycles. The molecule has 0 spiro atoms. The molecule has 0 bridgehead atoms. The van der Waals surface area contributed by atoms with Gasteiger partial charge in [0.15, 0.2) is 11.6 Å². The summed E-state index contributed by atoms with van der Waals surface area (Å²) in [6, 6.07) is 13.6. The van der Waals surface area contributed by atoms with Gasteiger partial charge in [-0.05, 0) is 48.7 Å². The van der Waals surface area contributed by atoms with E-state index in [9.17, 15) is 22.4 Å². The van der Waals surface area contributed by atoms with Gasteiger partial charge < -0.3 is 9.47 Å². The smallest absolute Gasteiger partial charge is 0.433 e. The minimum atomic E-state index is -4.58. The summed E-state index contributed by atoms with van der Waals surface area (Å²) in [5, 5.41) is 0. The lowest BCUT2D eigenvalue weighted by Gasteiger charge is -2.22. The van der Waals surface area contributed by atoms with Crippen molar-refractivity contribution in [2.45, 2.75) is 32.7 Å². The normalized spacial score (nSPS) is 12.6. The van der Waals surface area contributed by atoms with E-state index in [1.54, 1.807) is 16.7 Å². The number of benzene rings is 2. The first-order valence-electron chi connectivity index (χ1n) is 11.0. The molecule has 0 atom stereocenters. The van der Waals surface area contributed by atoms with Gasteiger partial charge >= 0.3 is 11.9 Å². The Balaban J connectivity index is 1.30. The van der Waals surface area contributed by atoms with Crippen LogP contribution in [0.5, 0.6) is 17.4 Å². The van der Waals surface area contributed by atoms with Crippen LogP contribution in [0, 0.1) is 12.7 Å². The van der Waals surface area contributed by atoms with Crippen molar-refractivity contribution in [3.63, 3.8) is 0 Å². The molecular formula is C26H19F4N3O3. The zero-order chi connectivity index (χ0) is 25.4. The molecular weight excluding hydrogens is 478 g/mol. The van der Waals surface area contributed by atoms with E-state index in [1.807, 2.05) is 19.1 Å². The molecule has 1 aliphatic rings. The van der Waals surface area contributed by atoms with Crippen LogP contribution >= 0.6 is 0 Å². The molecule has 0 radical (unpaired) electrons. The molecule has 2 aromatic heterocycles. The zero-order valence-corrected chi connectivity index (χ0v) is 19.0. The van der Waals surface area contributed by atoms with Crippen LogP contribution in [0.25, 0.3) is 11.3 Å². The van der Waals surface area contributed by atoms with Crippen LogP contribution in [-0.2, 0) is 25.7 Å². The van der Waals surface area contributed by atoms with Crippen LogP contribution < -0.4 is 15.2 Å². The van der Waals surface area contributed by atoms with E-state index < -0.39 is 23.4 Å². The number of alkyl halides is 3. The van der Waals surface area contributed by atoms with Crippen LogP contribution in [0.2, 0.25) is 0 Å². The van der Waals surface area contributed by atoms with Gasteiger partial charge in [-0.1, -0.05) is 29.8 Å². The Kier molecular flexibility index (Phi) is 5.95. The summed E-state index contributed by atoms with van der Waals surface area (Å²) in [7, 11) is 0. The summed E-state index contributed by atoms with van der Waals surface area (Å²) in [6.07, 6.45) is -2.96. The van der Waals surface area contributed by atoms with Gasteiger partial charge in [0.1, 0.15) is 18.1 Å². The van der Waals surface area contributed by atoms with Crippen molar-refractivity contribution in [2.24, 2.45) is 0 Å². The lowest BCUT2D eigenvalue weighted by atomic mass is 9.96. The van der Waals surface area contributed by atoms with Crippen molar-refractivity contribution in [3.05, 3.63) is 99.5 Å². The second-order valence-corrected chi connectivity index (χ2v) is 8.36. The maximum absolute atomic E-state index is 14.6. The zero-order valence-electron chi connectivity index (χ0n) is 19.0. The van der Waals surface area contributed by atoms with Gasteiger partial charge in [-0.25, -0.2) is 14.2 Å². The average molecular weight is 497 g/mol. The van der Waals surface area contributed by atoms with Crippen LogP contribution in [0.15, 0.2) is 65.6 Å². The van der Waals surface area contributed by atoms with Crippen molar-refractivity contribution in [1.82, 2.24) is 14.5 Å². The van der Waals surface area contributed by atoms with E-state index in [2.05, 4.69) is 16.0 Å². The molecule has 3 heterocycles. The van der Waals surface area contributed by atoms with E-state index in [4.69, 9.17) is 9.47 Å². The van der Waals surface area contributed by atoms with E-state index in [1.165, 1.54) is 12.1 Å². The second kappa shape index (κ2) is 9.10. The molecule has 0 amide bonds. The number of rotatable bonds is 5. The van der Waals surface area contributed by atoms with E-state index in [-0.39, 0.29) is 24.0 Å². The summed E-state index contributed by atoms with van der Waals surface area (Å²) in [4.78, 5) is 19.8. The first kappa shape index (κ1) is 23.5. The number of hydrogen-bond acceptors (Lipinski definition) is 5. The number of aromatic nitrogens is 3. The number of halogens is 4. The summed E-state index contributed by atoms with van der Waals surface area (Å²) in [5.41, 5.74) is 2.89. The summed E-state index contributed by atoms with van der Waals surface area (Å²) >= 11 is 0. The van der Waals surface area contributed by atoms with Crippen molar-refractivity contribution in [1.29, 1.82) is 0 Å². The molecule has 2 aromatic carbocycles. The number of hydrogen-bond donors (Lipinski definition) is 0. The SMILES string of the molecule is Cc1ccc2c(c1)CCn1c-2cc(OCc2ccc(Oc3ccc(C(F)(F)F)nc3)c(F)c2)nc1=O. The van der Waals surface area contributed by atoms with E-state index in [0.717, 1.165) is 41.4 Å². The number of aryl methyl sites for hydroxylation is 2. The van der Waals surface area contributed by atoms with Gasteiger partial charge in [-0.15, -0.1) is 0 Å². The maximum Gasteiger partial charge on any atom is 0.433 e. The van der Waals surface area contributed by atoms with Gasteiger partial charge in [0, 0.05) is 18.2 Å². The largest absolute Gasteiger partial charge is 0.473 e. The molecule has 0 unspecified atom stereocenters. The van der Waals surface area contributed by atoms with Gasteiger partial charge in [-0.3, -0.25) is 4.57 Å². The molecule has 0 saturated heterocycles. The highest BCUT2D eigenvalue weighted by molar-refractivity contribution is 5.67. The first-order chi connectivity index (χ1) is 17.2. The van der Waals surface area contributed by atoms with E-state index in [0.29, 0.717) is 17.8 Å². The third-order valence-corrected chi connectivity index (χ3v) is 5.77. The predicted molar refractivity (Wildman–Crippen MR) is 122 cm³/mol. The third kappa shape index (κ3) is 4.79. The molecule has 184 valence electrons. The molecule has 0 aliphatic carbocycles. The monoisotopic (exact) mass is 497 g/mol. The Morgan fingerprint density at radius 2 is 1.89 bits per heavy atom. The number of nitrogens with zero attached hydrogens (tertiary/aromatic N) is 3. The Hall–Kier alpha value is -4.21. The minimum absolute atomic E-state index is 0.0416. The van der Waals surface area contributed by atoms with Crippen LogP contribution in [0.4, 0.5) is 17.6 Å². The molecule has 5 rings (SSSR count). The minimum Gasteiger partial charge on any atom is -0.473 e. The molecule has 0 fully saturated rings. The average Bonchev–Trinajstić information content (AvgIpc) is 2.83. The lowest BCUT2D eigenvalue weighted by molar-refractivity contribution is -0.141. The summed E-state index contributed by atoms with van der Waals surface area (Å²) < 4.78 is 65.1. The highest BCUT2D eigenvalue weighted by Gasteiger charge is 2.32. The second-order valence-electron chi connectivity index (χ2n) is 8.36. The quantitative estimate of drug-likeness (QED) is 0.331. The summed E-state index contributed by atoms with van der Waals surface area (Å²) in [6.45, 7) is 2.48. The van der Waals surface area contributed by atoms with Crippen LogP contribution in [0.3, 0.4) is 0 Å². The van der Waals surface area contributed by atoms with Gasteiger partial charge in [-0.2, -0.15) is 18.2 Å². The molecule has 10 heteroatoms. The van der Waals surface area contributed by atoms with Crippen molar-refractivity contribution >= 4 is 0 Å². The van der Waals surface area contributed by atoms with Crippen molar-refractivity contribution in [2.75, 3.05) is 0 Å². The number of pyridine rings is 1. The molecule has 36 heavy (non-hydrogen) atoms. The van der Waals surface area contributed by atoms with Gasteiger partial charge in [0.05, 0.1) is 11.9 Å². The topological polar surface area (TPSA) is 66.2 Å². The molecule has 4 aromatic rings. The van der Waals surface area contributed by atoms with Crippen molar-refractivity contribution in [3.8, 4) is 28.6 Å². The fraction of sp³-hybridized carbons (Fsp3) is 0.192. The van der Waals surface area contributed by atoms with Crippen molar-refractivity contribution < 1.29 is 27.0 Å². The summed E-state index contributed by atoms with van der Waals surface area (Å²) in [5.74, 6) is -0.840. The highest BCUT2D eigenvalue weighted by atomic mass is 19.4. The van der Waals surface area contributed by atoms with Crippen LogP contribution in [-0.4, -0.2) is 14.5 Å². The fourth-order valence-corrected chi connectivity index (χ4v) is 4.02. The Morgan fingerprint density at radius 3 is 2.61 bits per heavy atom. The third-order valence-electron chi connectivity index (χ3n) is 5.77. The Bertz CT molecular complexity index is 1500. The first-order valence-corrected chi connectivity index (χ1v) is 11.0. The maximum atomic E-state index is 14.6. The molecule has 1 aliphatic heterocycles. The van der Waals surface area contributed by atoms with Gasteiger partial charge in [0.2, 0.25) is 5.88 Å². The number of fused-ring (bicyclic) bond motifs is 3. The molecule has 6 nitrogen and oxygen atoms in total. The Labute approximate surface area is 202 Å². The van der Waals surface area contributed by atoms with Crippen LogP contribution in [0.1, 0.15) is 22.4 Å². The highest BCUT2D eigenvalue weighted by Crippen LogP contribution is 2.32. The number of ether oxygens (including phenoxy) is 2. The predicted octanol–water partition coefficient (Wildman–Crippen LogP) is 5.70. The fourth-order valence-electron chi connectivity index (χ4n) is 4.02. The van der Waals surface area contributed by atoms with Gasteiger partial charge in [0.25, 0.3) is 0 Å². The standard InChI is InChI=1S/C26H19F4N3O3/c1-15-2-5-19-17(10-15)8-9-33-21(19)12-24(32-25(33)34)35-14-16-3-6-22(20(27)11-16)36-18-4-7-23(31-13-18)26(28,29)30/h2-7,10-13H,8-9,14H2,1H3. The molecule has 0 N–H and O–H groups in total. The van der Waals surface area contributed by atoms with E-state index >= 15 is 0 Å². The lowest BCUT2D eigenvalue weighted by Crippen LogP contribution is -2.28. The Morgan fingerprint density at radius 1 is 1.06 bits per heavy atom.